The number of hydrogen-bond acceptors (Lipinski definition) is 0. The minimum atomic E-state index is -6.81. The molecule has 0 aromatic rings. The van der Waals surface area contributed by atoms with E-state index in [1.54, 1.807) is 0 Å². The molecule has 0 amide bonds. The molecule has 0 aliphatic carbocycles. The van der Waals surface area contributed by atoms with E-state index in [0.717, 1.165) is 0 Å². The van der Waals surface area contributed by atoms with Crippen LogP contribution in [0.2, 0.25) is 0 Å². The molecule has 0 radical (unpaired) electrons. The van der Waals surface area contributed by atoms with E-state index in [4.69, 9.17) is 0 Å². The van der Waals surface area contributed by atoms with Crippen LogP contribution in [0.3, 0.4) is 0 Å². The third-order valence-corrected chi connectivity index (χ3v) is 1.71. The van der Waals surface area contributed by atoms with Crippen LogP contribution in [0, 0.1) is 0 Å². The lowest BCUT2D eigenvalue weighted by molar-refractivity contribution is -0.346. The van der Waals surface area contributed by atoms with Crippen LogP contribution >= 0.6 is 0 Å². The van der Waals surface area contributed by atoms with Crippen molar-refractivity contribution >= 4 is 0 Å². The summed E-state index contributed by atoms with van der Waals surface area (Å²) >= 11 is 0. The van der Waals surface area contributed by atoms with E-state index in [-0.39, 0.29) is 0 Å². The monoisotopic (exact) mass is 302 g/mol. The van der Waals surface area contributed by atoms with Gasteiger partial charge in [0.25, 0.3) is 0 Å². The average Bonchev–Trinajstić information content (AvgIpc) is 2.11. The van der Waals surface area contributed by atoms with Crippen molar-refractivity contribution in [3.8, 4) is 0 Å². The van der Waals surface area contributed by atoms with Gasteiger partial charge in [0.05, 0.1) is 0 Å². The molecule has 0 nitrogen and oxygen atoms in total. The van der Waals surface area contributed by atoms with Crippen molar-refractivity contribution in [2.75, 3.05) is 0 Å². The highest BCUT2D eigenvalue weighted by molar-refractivity contribution is 4.97. The van der Waals surface area contributed by atoms with E-state index in [1.165, 1.54) is 0 Å². The predicted octanol–water partition coefficient (Wildman–Crippen LogP) is 4.06. The third kappa shape index (κ3) is 2.76. The predicted molar refractivity (Wildman–Crippen MR) is 31.8 cm³/mol. The largest absolute Gasteiger partial charge is 0.456 e. The molecule has 18 heavy (non-hydrogen) atoms. The molecule has 110 valence electrons. The summed E-state index contributed by atoms with van der Waals surface area (Å²) in [4.78, 5) is 0. The van der Waals surface area contributed by atoms with E-state index in [2.05, 4.69) is 0 Å². The zero-order chi connectivity index (χ0) is 15.2. The lowest BCUT2D eigenvalue weighted by Crippen LogP contribution is -2.57. The quantitative estimate of drug-likeness (QED) is 0.690. The molecule has 0 saturated carbocycles. The van der Waals surface area contributed by atoms with E-state index in [1.807, 2.05) is 0 Å². The lowest BCUT2D eigenvalue weighted by Gasteiger charge is -2.30. The summed E-state index contributed by atoms with van der Waals surface area (Å²) < 4.78 is 141. The Morgan fingerprint density at radius 3 is 0.722 bits per heavy atom. The van der Waals surface area contributed by atoms with Gasteiger partial charge in [0.2, 0.25) is 12.3 Å². The van der Waals surface area contributed by atoms with E-state index >= 15 is 0 Å². The van der Waals surface area contributed by atoms with E-state index < -0.39 is 36.5 Å². The molecule has 0 aromatic heterocycles. The molecule has 2 unspecified atom stereocenters. The second-order valence-corrected chi connectivity index (χ2v) is 3.04. The lowest BCUT2D eigenvalue weighted by atomic mass is 10.0. The topological polar surface area (TPSA) is 0 Å². The third-order valence-electron chi connectivity index (χ3n) is 1.71. The fraction of sp³-hybridized carbons (Fsp3) is 1.00. The average molecular weight is 302 g/mol. The Labute approximate surface area is 90.6 Å². The number of alkyl halides is 12. The minimum Gasteiger partial charge on any atom is -0.237 e. The maximum Gasteiger partial charge on any atom is 0.456 e. The zero-order valence-electron chi connectivity index (χ0n) is 7.69. The number of rotatable bonds is 3. The molecule has 0 aliphatic rings. The second-order valence-electron chi connectivity index (χ2n) is 3.04. The maximum atomic E-state index is 12.3. The van der Waals surface area contributed by atoms with Gasteiger partial charge in [0, 0.05) is 0 Å². The highest BCUT2D eigenvalue weighted by Gasteiger charge is 2.73. The first-order valence-electron chi connectivity index (χ1n) is 3.74. The maximum absolute atomic E-state index is 12.3. The molecule has 0 N–H and O–H groups in total. The Morgan fingerprint density at radius 2 is 0.611 bits per heavy atom. The molecule has 0 spiro atoms. The molecule has 2 atom stereocenters. The minimum absolute atomic E-state index is 5.39. The van der Waals surface area contributed by atoms with Crippen molar-refractivity contribution in [1.82, 2.24) is 0 Å². The molecule has 0 rings (SSSR count). The normalized spacial score (nSPS) is 18.7. The van der Waals surface area contributed by atoms with Gasteiger partial charge < -0.3 is 0 Å². The summed E-state index contributed by atoms with van der Waals surface area (Å²) in [5.74, 6) is -13.4. The van der Waals surface area contributed by atoms with Gasteiger partial charge in [-0.3, -0.25) is 0 Å². The van der Waals surface area contributed by atoms with Crippen LogP contribution in [0.25, 0.3) is 0 Å². The Bertz CT molecular complexity index is 254. The number of hydrogen-bond donors (Lipinski definition) is 0. The van der Waals surface area contributed by atoms with Gasteiger partial charge in [-0.15, -0.1) is 0 Å². The van der Waals surface area contributed by atoms with Crippen molar-refractivity contribution in [3.63, 3.8) is 0 Å². The van der Waals surface area contributed by atoms with Gasteiger partial charge >= 0.3 is 24.2 Å². The fourth-order valence-corrected chi connectivity index (χ4v) is 0.680. The first-order chi connectivity index (χ1) is 7.57. The summed E-state index contributed by atoms with van der Waals surface area (Å²) in [5.41, 5.74) is 0. The van der Waals surface area contributed by atoms with Gasteiger partial charge in [-0.2, -0.15) is 43.9 Å². The number of halogens is 12. The summed E-state index contributed by atoms with van der Waals surface area (Å²) in [6.45, 7) is 0. The molecule has 0 aliphatic heterocycles. The Hall–Kier alpha value is -0.840. The zero-order valence-corrected chi connectivity index (χ0v) is 7.69. The van der Waals surface area contributed by atoms with Crippen LogP contribution in [0.15, 0.2) is 0 Å². The fourth-order valence-electron chi connectivity index (χ4n) is 0.680. The summed E-state index contributed by atoms with van der Waals surface area (Å²) in [5, 5.41) is 0. The Kier molecular flexibility index (Phi) is 4.16. The SMILES string of the molecule is FC(C(F)C(F)(F)C(F)(F)F)C(F)(F)C(F)(F)F. The second kappa shape index (κ2) is 4.37. The van der Waals surface area contributed by atoms with Crippen molar-refractivity contribution in [2.24, 2.45) is 0 Å². The van der Waals surface area contributed by atoms with Gasteiger partial charge in [-0.25, -0.2) is 8.78 Å². The van der Waals surface area contributed by atoms with Crippen LogP contribution in [0.4, 0.5) is 52.7 Å². The van der Waals surface area contributed by atoms with Crippen LogP contribution in [-0.2, 0) is 0 Å². The van der Waals surface area contributed by atoms with Gasteiger partial charge in [0.15, 0.2) is 0 Å². The standard InChI is InChI=1S/C6H2F12/c7-1(3(9,10)5(13,14)15)2(8)4(11,12)6(16,17)18/h1-2H. The summed E-state index contributed by atoms with van der Waals surface area (Å²) in [6, 6.07) is 0. The molecule has 0 aromatic carbocycles. The highest BCUT2D eigenvalue weighted by atomic mass is 19.4. The molecule has 0 bridgehead atoms. The summed E-state index contributed by atoms with van der Waals surface area (Å²) in [6.07, 6.45) is -24.4. The van der Waals surface area contributed by atoms with Crippen LogP contribution in [0.1, 0.15) is 0 Å². The first kappa shape index (κ1) is 17.2. The molecule has 0 fully saturated rings. The molecule has 0 heterocycles. The Morgan fingerprint density at radius 1 is 0.444 bits per heavy atom. The Balaban J connectivity index is 5.31. The van der Waals surface area contributed by atoms with E-state index in [9.17, 15) is 52.7 Å². The van der Waals surface area contributed by atoms with Crippen molar-refractivity contribution in [1.29, 1.82) is 0 Å². The van der Waals surface area contributed by atoms with Crippen molar-refractivity contribution in [3.05, 3.63) is 0 Å². The molecule has 0 saturated heterocycles. The van der Waals surface area contributed by atoms with E-state index in [0.29, 0.717) is 0 Å². The summed E-state index contributed by atoms with van der Waals surface area (Å²) in [7, 11) is 0. The van der Waals surface area contributed by atoms with Crippen molar-refractivity contribution in [2.45, 2.75) is 36.5 Å². The molecular weight excluding hydrogens is 300 g/mol. The first-order valence-corrected chi connectivity index (χ1v) is 3.74. The smallest absolute Gasteiger partial charge is 0.237 e. The van der Waals surface area contributed by atoms with Gasteiger partial charge in [-0.05, 0) is 0 Å². The van der Waals surface area contributed by atoms with Gasteiger partial charge in [0.1, 0.15) is 0 Å². The van der Waals surface area contributed by atoms with Crippen LogP contribution < -0.4 is 0 Å². The molecule has 12 heteroatoms. The highest BCUT2D eigenvalue weighted by Crippen LogP contribution is 2.47. The van der Waals surface area contributed by atoms with Gasteiger partial charge in [-0.1, -0.05) is 0 Å². The molecular formula is C6H2F12. The van der Waals surface area contributed by atoms with Crippen LogP contribution in [-0.4, -0.2) is 36.5 Å². The van der Waals surface area contributed by atoms with Crippen LogP contribution in [0.5, 0.6) is 0 Å². The van der Waals surface area contributed by atoms with Crippen molar-refractivity contribution < 1.29 is 52.7 Å².